The van der Waals surface area contributed by atoms with Gasteiger partial charge in [0.05, 0.1) is 12.4 Å². The van der Waals surface area contributed by atoms with Crippen LogP contribution < -0.4 is 71.6 Å². The lowest BCUT2D eigenvalue weighted by Gasteiger charge is -2.31. The van der Waals surface area contributed by atoms with Gasteiger partial charge in [0, 0.05) is 37.8 Å². The number of nitrogens with zero attached hydrogens (tertiary/aromatic N) is 3. The molecule has 73 heavy (non-hydrogen) atoms. The summed E-state index contributed by atoms with van der Waals surface area (Å²) in [6.07, 6.45) is 3.30. The number of aliphatic imine (C=N–C) groups is 2. The van der Waals surface area contributed by atoms with Crippen molar-refractivity contribution in [3.63, 3.8) is 0 Å². The number of primary amides is 1. The van der Waals surface area contributed by atoms with E-state index in [0.717, 1.165) is 0 Å². The van der Waals surface area contributed by atoms with Crippen LogP contribution in [-0.2, 0) is 49.6 Å². The van der Waals surface area contributed by atoms with Gasteiger partial charge in [0.1, 0.15) is 42.3 Å². The van der Waals surface area contributed by atoms with Crippen LogP contribution in [-0.4, -0.2) is 142 Å². The number of hydrogen-bond acceptors (Lipinski definition) is 13. The number of aliphatic carboxylic acids is 1. The van der Waals surface area contributed by atoms with E-state index < -0.39 is 113 Å². The molecule has 1 aromatic heterocycles. The lowest BCUT2D eigenvalue weighted by atomic mass is 9.95. The van der Waals surface area contributed by atoms with Crippen molar-refractivity contribution in [2.24, 2.45) is 68.1 Å². The van der Waals surface area contributed by atoms with Gasteiger partial charge in [-0.25, -0.2) is 9.78 Å². The van der Waals surface area contributed by atoms with E-state index in [4.69, 9.17) is 34.4 Å². The summed E-state index contributed by atoms with van der Waals surface area (Å²) in [5, 5.41) is 28.3. The van der Waals surface area contributed by atoms with Crippen molar-refractivity contribution in [1.29, 1.82) is 0 Å². The summed E-state index contributed by atoms with van der Waals surface area (Å²) in [6.45, 7) is 14.3. The molecule has 0 unspecified atom stereocenters. The molecule has 0 radical (unpaired) electrons. The van der Waals surface area contributed by atoms with Crippen LogP contribution in [0.15, 0.2) is 22.5 Å². The highest BCUT2D eigenvalue weighted by Crippen LogP contribution is 2.15. The highest BCUT2D eigenvalue weighted by molar-refractivity contribution is 5.98. The fraction of sp³-hybridized carbons (Fsp3) is 0.696. The maximum atomic E-state index is 14.3. The predicted octanol–water partition coefficient (Wildman–Crippen LogP) is -3.08. The number of carbonyl (C=O) groups excluding carboxylic acids is 8. The number of H-pyrrole nitrogens is 1. The average Bonchev–Trinajstić information content (AvgIpc) is 3.81. The SMILES string of the molecule is CC[C@H](C)[C@H](NC(=O)[C@H](CC(C)C)NC(=O)[C@H](CCC(N)=O)NC(=O)[C@H](CCCN=C(N)N)NC(=O)[C@@H](N)Cc1cnc[nH]1)C(=O)N[C@@H](CC(C)C)C(=O)N[C@H](C(=O)N[C@@H](CCCN=C(N)N)C(=O)O)C(C)C. The van der Waals surface area contributed by atoms with Crippen molar-refractivity contribution in [2.75, 3.05) is 13.1 Å². The highest BCUT2D eigenvalue weighted by atomic mass is 16.4. The number of amides is 8. The molecule has 8 amide bonds. The fourth-order valence-electron chi connectivity index (χ4n) is 7.31. The molecule has 0 saturated carbocycles. The van der Waals surface area contributed by atoms with Crippen LogP contribution in [0, 0.1) is 23.7 Å². The van der Waals surface area contributed by atoms with Gasteiger partial charge in [-0.15, -0.1) is 0 Å². The number of nitrogens with two attached hydrogens (primary N) is 6. The second kappa shape index (κ2) is 32.8. The molecule has 9 atom stereocenters. The van der Waals surface area contributed by atoms with Gasteiger partial charge >= 0.3 is 5.97 Å². The van der Waals surface area contributed by atoms with Crippen molar-refractivity contribution >= 4 is 65.1 Å². The van der Waals surface area contributed by atoms with Gasteiger partial charge in [-0.2, -0.15) is 0 Å². The quantitative estimate of drug-likeness (QED) is 0.0182. The van der Waals surface area contributed by atoms with E-state index in [2.05, 4.69) is 57.2 Å². The molecule has 0 saturated heterocycles. The van der Waals surface area contributed by atoms with Crippen molar-refractivity contribution in [3.05, 3.63) is 18.2 Å². The third-order valence-electron chi connectivity index (χ3n) is 11.5. The van der Waals surface area contributed by atoms with E-state index in [1.54, 1.807) is 41.5 Å². The van der Waals surface area contributed by atoms with Crippen LogP contribution in [0.4, 0.5) is 0 Å². The molecule has 1 rings (SSSR count). The first-order chi connectivity index (χ1) is 34.2. The molecule has 412 valence electrons. The van der Waals surface area contributed by atoms with E-state index in [1.165, 1.54) is 12.5 Å². The topological polar surface area (TPSA) is 468 Å². The predicted molar refractivity (Wildman–Crippen MR) is 273 cm³/mol. The molecule has 0 aromatic carbocycles. The summed E-state index contributed by atoms with van der Waals surface area (Å²) in [5.74, 6) is -9.25. The number of aromatic amines is 1. The Kier molecular flexibility index (Phi) is 28.8. The second-order valence-electron chi connectivity index (χ2n) is 19.3. The van der Waals surface area contributed by atoms with Crippen molar-refractivity contribution in [2.45, 2.75) is 168 Å². The van der Waals surface area contributed by atoms with E-state index in [9.17, 15) is 48.3 Å². The first kappa shape index (κ1) is 64.0. The highest BCUT2D eigenvalue weighted by Gasteiger charge is 2.37. The molecule has 0 aliphatic carbocycles. The molecule has 1 aromatic rings. The molecule has 0 spiro atoms. The van der Waals surface area contributed by atoms with E-state index >= 15 is 0 Å². The van der Waals surface area contributed by atoms with Gasteiger partial charge in [-0.1, -0.05) is 61.8 Å². The largest absolute Gasteiger partial charge is 0.480 e. The zero-order valence-corrected chi connectivity index (χ0v) is 43.5. The third kappa shape index (κ3) is 25.2. The lowest BCUT2D eigenvalue weighted by Crippen LogP contribution is -2.61. The van der Waals surface area contributed by atoms with E-state index in [0.29, 0.717) is 12.1 Å². The van der Waals surface area contributed by atoms with Gasteiger partial charge in [0.2, 0.25) is 47.3 Å². The summed E-state index contributed by atoms with van der Waals surface area (Å²) in [4.78, 5) is 136. The zero-order chi connectivity index (χ0) is 55.5. The Bertz CT molecular complexity index is 2020. The summed E-state index contributed by atoms with van der Waals surface area (Å²) in [6, 6.07) is -10.1. The molecule has 27 nitrogen and oxygen atoms in total. The Hall–Kier alpha value is -7.06. The van der Waals surface area contributed by atoms with Gasteiger partial charge in [-0.05, 0) is 68.6 Å². The summed E-state index contributed by atoms with van der Waals surface area (Å²) < 4.78 is 0. The van der Waals surface area contributed by atoms with Crippen molar-refractivity contribution in [3.8, 4) is 0 Å². The Morgan fingerprint density at radius 3 is 1.45 bits per heavy atom. The molecule has 0 aliphatic heterocycles. The van der Waals surface area contributed by atoms with Gasteiger partial charge in [0.25, 0.3) is 0 Å². The summed E-state index contributed by atoms with van der Waals surface area (Å²) in [7, 11) is 0. The smallest absolute Gasteiger partial charge is 0.326 e. The molecule has 0 aliphatic rings. The molecule has 1 heterocycles. The number of carboxylic acid groups (broad SMARTS) is 1. The molecule has 0 bridgehead atoms. The summed E-state index contributed by atoms with van der Waals surface area (Å²) >= 11 is 0. The van der Waals surface area contributed by atoms with Crippen molar-refractivity contribution in [1.82, 2.24) is 47.2 Å². The third-order valence-corrected chi connectivity index (χ3v) is 11.5. The number of imidazole rings is 1. The average molecular weight is 1030 g/mol. The van der Waals surface area contributed by atoms with Crippen LogP contribution in [0.25, 0.3) is 0 Å². The van der Waals surface area contributed by atoms with E-state index in [1.807, 2.05) is 13.8 Å². The van der Waals surface area contributed by atoms with Crippen LogP contribution in [0.3, 0.4) is 0 Å². The molecular formula is C46H83N17O10. The van der Waals surface area contributed by atoms with Crippen LogP contribution in [0.2, 0.25) is 0 Å². The zero-order valence-electron chi connectivity index (χ0n) is 43.5. The minimum absolute atomic E-state index is 0.00305. The maximum Gasteiger partial charge on any atom is 0.326 e. The minimum Gasteiger partial charge on any atom is -0.480 e. The normalized spacial score (nSPS) is 14.9. The number of carbonyl (C=O) groups is 9. The number of carboxylic acids is 1. The first-order valence-electron chi connectivity index (χ1n) is 24.6. The Balaban J connectivity index is 3.43. The Morgan fingerprint density at radius 2 is 1.01 bits per heavy atom. The van der Waals surface area contributed by atoms with Crippen molar-refractivity contribution < 1.29 is 48.3 Å². The minimum atomic E-state index is -1.45. The fourth-order valence-corrected chi connectivity index (χ4v) is 7.31. The molecule has 21 N–H and O–H groups in total. The molecule has 0 fully saturated rings. The maximum absolute atomic E-state index is 14.3. The van der Waals surface area contributed by atoms with Crippen LogP contribution >= 0.6 is 0 Å². The Morgan fingerprint density at radius 1 is 0.589 bits per heavy atom. The van der Waals surface area contributed by atoms with E-state index in [-0.39, 0.29) is 94.6 Å². The molecule has 27 heteroatoms. The van der Waals surface area contributed by atoms with Crippen LogP contribution in [0.5, 0.6) is 0 Å². The number of aromatic nitrogens is 2. The van der Waals surface area contributed by atoms with Crippen LogP contribution in [0.1, 0.15) is 119 Å². The number of hydrogen-bond donors (Lipinski definition) is 15. The Labute approximate surface area is 426 Å². The standard InChI is InChI=1S/C46H83N17O10/c1-9-26(8)36(43(71)61-33(19-24(4)5)40(68)62-35(25(6)7)42(70)59-31(44(72)73)13-11-17-55-46(51)52)63-41(69)32(18-23(2)3)60-39(67)30(14-15-34(48)64)58-38(66)29(12-10-16-54-45(49)50)57-37(65)28(47)20-27-21-53-22-56-27/h21-26,28-33,35-36H,9-20,47H2,1-8H3,(H2,48,64)(H,53,56)(H,57,65)(H,58,66)(H,59,70)(H,60,67)(H,61,71)(H,62,68)(H,63,69)(H,72,73)(H4,49,50,54)(H4,51,52,55)/t26-,28-,29-,30-,31-,32-,33-,35-,36-/m0/s1. The number of guanidine groups is 2. The molecular weight excluding hydrogens is 951 g/mol. The van der Waals surface area contributed by atoms with Gasteiger partial charge in [0.15, 0.2) is 11.9 Å². The van der Waals surface area contributed by atoms with Gasteiger partial charge in [-0.3, -0.25) is 48.3 Å². The first-order valence-corrected chi connectivity index (χ1v) is 24.6. The monoisotopic (exact) mass is 1030 g/mol. The number of rotatable bonds is 35. The number of nitrogens with one attached hydrogen (secondary N) is 8. The van der Waals surface area contributed by atoms with Gasteiger partial charge < -0.3 is 81.7 Å². The lowest BCUT2D eigenvalue weighted by molar-refractivity contribution is -0.143. The summed E-state index contributed by atoms with van der Waals surface area (Å²) in [5.41, 5.74) is 33.8. The second-order valence-corrected chi connectivity index (χ2v) is 19.3.